The third-order valence-corrected chi connectivity index (χ3v) is 6.24. The van der Waals surface area contributed by atoms with Crippen molar-refractivity contribution in [1.82, 2.24) is 14.9 Å². The van der Waals surface area contributed by atoms with Gasteiger partial charge in [-0.2, -0.15) is 0 Å². The predicted octanol–water partition coefficient (Wildman–Crippen LogP) is 3.31. The lowest BCUT2D eigenvalue weighted by atomic mass is 9.97. The van der Waals surface area contributed by atoms with E-state index in [4.69, 9.17) is 0 Å². The van der Waals surface area contributed by atoms with E-state index in [1.807, 2.05) is 32.9 Å². The first-order chi connectivity index (χ1) is 12.5. The van der Waals surface area contributed by atoms with E-state index in [-0.39, 0.29) is 17.5 Å². The van der Waals surface area contributed by atoms with Gasteiger partial charge >= 0.3 is 6.03 Å². The second-order valence-electron chi connectivity index (χ2n) is 8.69. The van der Waals surface area contributed by atoms with E-state index >= 15 is 0 Å². The molecule has 0 bridgehead atoms. The van der Waals surface area contributed by atoms with Crippen molar-refractivity contribution in [2.45, 2.75) is 63.8 Å². The molecule has 1 aliphatic rings. The summed E-state index contributed by atoms with van der Waals surface area (Å²) in [5.74, 6) is 0.615. The topological polar surface area (TPSA) is 78.5 Å². The maximum Gasteiger partial charge on any atom is 0.317 e. The Hall–Kier alpha value is -1.60. The van der Waals surface area contributed by atoms with Crippen LogP contribution >= 0.6 is 0 Å². The van der Waals surface area contributed by atoms with Crippen LogP contribution in [-0.4, -0.2) is 44.5 Å². The zero-order valence-electron chi connectivity index (χ0n) is 17.1. The molecule has 1 saturated heterocycles. The molecule has 0 aliphatic carbocycles. The molecular formula is C20H33N3O3S. The lowest BCUT2D eigenvalue weighted by Gasteiger charge is -2.34. The molecule has 0 atom stereocenters. The van der Waals surface area contributed by atoms with Crippen LogP contribution in [0.3, 0.4) is 0 Å². The number of sulfonamides is 1. The molecule has 0 saturated carbocycles. The monoisotopic (exact) mass is 395 g/mol. The predicted molar refractivity (Wildman–Crippen MR) is 108 cm³/mol. The summed E-state index contributed by atoms with van der Waals surface area (Å²) in [6, 6.07) is 7.01. The number of carbonyl (C=O) groups is 1. The molecule has 2 rings (SSSR count). The van der Waals surface area contributed by atoms with Gasteiger partial charge < -0.3 is 10.2 Å². The number of benzene rings is 1. The van der Waals surface area contributed by atoms with Crippen LogP contribution in [0.15, 0.2) is 29.2 Å². The van der Waals surface area contributed by atoms with Crippen molar-refractivity contribution in [1.29, 1.82) is 0 Å². The van der Waals surface area contributed by atoms with Gasteiger partial charge in [0, 0.05) is 25.2 Å². The van der Waals surface area contributed by atoms with Crippen LogP contribution in [0.4, 0.5) is 4.79 Å². The lowest BCUT2D eigenvalue weighted by Crippen LogP contribution is -2.51. The molecule has 1 heterocycles. The Balaban J connectivity index is 1.84. The highest BCUT2D eigenvalue weighted by atomic mass is 32.2. The average Bonchev–Trinajstić information content (AvgIpc) is 2.59. The van der Waals surface area contributed by atoms with Crippen molar-refractivity contribution in [3.63, 3.8) is 0 Å². The van der Waals surface area contributed by atoms with Crippen molar-refractivity contribution in [3.8, 4) is 0 Å². The van der Waals surface area contributed by atoms with Crippen molar-refractivity contribution < 1.29 is 13.2 Å². The maximum absolute atomic E-state index is 12.5. The third kappa shape index (κ3) is 6.50. The summed E-state index contributed by atoms with van der Waals surface area (Å²) in [6.07, 6.45) is 1.60. The van der Waals surface area contributed by atoms with Gasteiger partial charge in [-0.15, -0.1) is 0 Å². The first-order valence-electron chi connectivity index (χ1n) is 9.64. The Morgan fingerprint density at radius 3 is 2.19 bits per heavy atom. The summed E-state index contributed by atoms with van der Waals surface area (Å²) in [6.45, 7) is 11.7. The molecule has 1 aromatic carbocycles. The summed E-state index contributed by atoms with van der Waals surface area (Å²) >= 11 is 0. The van der Waals surface area contributed by atoms with E-state index in [1.165, 1.54) is 0 Å². The molecule has 7 heteroatoms. The first-order valence-corrected chi connectivity index (χ1v) is 11.1. The van der Waals surface area contributed by atoms with Crippen LogP contribution in [0.25, 0.3) is 0 Å². The SMILES string of the molecule is CC(C)c1ccc(S(=O)(=O)NCC2CCN(C(=O)NC(C)(C)C)CC2)cc1. The average molecular weight is 396 g/mol. The maximum atomic E-state index is 12.5. The van der Waals surface area contributed by atoms with Crippen LogP contribution in [-0.2, 0) is 10.0 Å². The minimum atomic E-state index is -3.50. The van der Waals surface area contributed by atoms with Gasteiger partial charge in [0.05, 0.1) is 4.90 Å². The minimum absolute atomic E-state index is 0.0493. The number of nitrogens with zero attached hydrogens (tertiary/aromatic N) is 1. The van der Waals surface area contributed by atoms with Gasteiger partial charge in [-0.3, -0.25) is 0 Å². The largest absolute Gasteiger partial charge is 0.333 e. The van der Waals surface area contributed by atoms with E-state index in [1.54, 1.807) is 17.0 Å². The quantitative estimate of drug-likeness (QED) is 0.803. The minimum Gasteiger partial charge on any atom is -0.333 e. The Bertz CT molecular complexity index is 729. The normalized spacial score (nSPS) is 16.6. The molecule has 0 spiro atoms. The van der Waals surface area contributed by atoms with Crippen molar-refractivity contribution in [3.05, 3.63) is 29.8 Å². The van der Waals surface area contributed by atoms with E-state index in [2.05, 4.69) is 23.9 Å². The van der Waals surface area contributed by atoms with Gasteiger partial charge in [0.2, 0.25) is 10.0 Å². The molecule has 1 fully saturated rings. The molecule has 2 amide bonds. The molecular weight excluding hydrogens is 362 g/mol. The molecule has 27 heavy (non-hydrogen) atoms. The fraction of sp³-hybridized carbons (Fsp3) is 0.650. The van der Waals surface area contributed by atoms with Crippen LogP contribution in [0.1, 0.15) is 58.9 Å². The van der Waals surface area contributed by atoms with Crippen molar-refractivity contribution in [2.24, 2.45) is 5.92 Å². The van der Waals surface area contributed by atoms with E-state index in [0.29, 0.717) is 30.4 Å². The molecule has 0 aromatic heterocycles. The van der Waals surface area contributed by atoms with Crippen LogP contribution in [0.5, 0.6) is 0 Å². The van der Waals surface area contributed by atoms with Crippen LogP contribution in [0, 0.1) is 5.92 Å². The number of piperidine rings is 1. The van der Waals surface area contributed by atoms with Crippen LogP contribution < -0.4 is 10.0 Å². The number of nitrogens with one attached hydrogen (secondary N) is 2. The number of rotatable bonds is 5. The Labute approximate surface area is 163 Å². The lowest BCUT2D eigenvalue weighted by molar-refractivity contribution is 0.163. The summed E-state index contributed by atoms with van der Waals surface area (Å²) < 4.78 is 27.7. The van der Waals surface area contributed by atoms with E-state index < -0.39 is 10.0 Å². The van der Waals surface area contributed by atoms with Gasteiger partial charge in [-0.1, -0.05) is 26.0 Å². The zero-order chi connectivity index (χ0) is 20.2. The van der Waals surface area contributed by atoms with E-state index in [0.717, 1.165) is 18.4 Å². The second kappa shape index (κ2) is 8.61. The molecule has 6 nitrogen and oxygen atoms in total. The summed E-state index contributed by atoms with van der Waals surface area (Å²) in [7, 11) is -3.50. The zero-order valence-corrected chi connectivity index (χ0v) is 17.9. The standard InChI is InChI=1S/C20H33N3O3S/c1-15(2)17-6-8-18(9-7-17)27(25,26)21-14-16-10-12-23(13-11-16)19(24)22-20(3,4)5/h6-9,15-16,21H,10-14H2,1-5H3,(H,22,24). The fourth-order valence-corrected chi connectivity index (χ4v) is 4.20. The fourth-order valence-electron chi connectivity index (χ4n) is 3.08. The summed E-state index contributed by atoms with van der Waals surface area (Å²) in [5, 5.41) is 2.97. The number of hydrogen-bond acceptors (Lipinski definition) is 3. The number of hydrogen-bond donors (Lipinski definition) is 2. The highest BCUT2D eigenvalue weighted by Crippen LogP contribution is 2.20. The molecule has 2 N–H and O–H groups in total. The summed E-state index contributed by atoms with van der Waals surface area (Å²) in [5.41, 5.74) is 0.865. The second-order valence-corrected chi connectivity index (χ2v) is 10.5. The Kier molecular flexibility index (Phi) is 6.92. The molecule has 0 unspecified atom stereocenters. The molecule has 0 radical (unpaired) electrons. The van der Waals surface area contributed by atoms with Gasteiger partial charge in [-0.05, 0) is 63.1 Å². The number of amides is 2. The van der Waals surface area contributed by atoms with Crippen molar-refractivity contribution in [2.75, 3.05) is 19.6 Å². The highest BCUT2D eigenvalue weighted by molar-refractivity contribution is 7.89. The van der Waals surface area contributed by atoms with Gasteiger partial charge in [0.1, 0.15) is 0 Å². The smallest absolute Gasteiger partial charge is 0.317 e. The Morgan fingerprint density at radius 2 is 1.70 bits per heavy atom. The van der Waals surface area contributed by atoms with Crippen molar-refractivity contribution >= 4 is 16.1 Å². The van der Waals surface area contributed by atoms with Crippen LogP contribution in [0.2, 0.25) is 0 Å². The summed E-state index contributed by atoms with van der Waals surface area (Å²) in [4.78, 5) is 14.3. The number of likely N-dealkylation sites (tertiary alicyclic amines) is 1. The Morgan fingerprint density at radius 1 is 1.15 bits per heavy atom. The number of carbonyl (C=O) groups excluding carboxylic acids is 1. The molecule has 1 aliphatic heterocycles. The van der Waals surface area contributed by atoms with Gasteiger partial charge in [0.15, 0.2) is 0 Å². The third-order valence-electron chi connectivity index (χ3n) is 4.80. The number of urea groups is 1. The van der Waals surface area contributed by atoms with Gasteiger partial charge in [-0.25, -0.2) is 17.9 Å². The molecule has 152 valence electrons. The first kappa shape index (κ1) is 21.7. The molecule has 1 aromatic rings. The highest BCUT2D eigenvalue weighted by Gasteiger charge is 2.26. The van der Waals surface area contributed by atoms with E-state index in [9.17, 15) is 13.2 Å². The van der Waals surface area contributed by atoms with Gasteiger partial charge in [0.25, 0.3) is 0 Å².